The Bertz CT molecular complexity index is 1070. The molecule has 0 unspecified atom stereocenters. The molecule has 0 atom stereocenters. The van der Waals surface area contributed by atoms with Crippen molar-refractivity contribution in [3.8, 4) is 23.0 Å². The molecule has 5 heteroatoms. The van der Waals surface area contributed by atoms with E-state index in [2.05, 4.69) is 45.9 Å². The van der Waals surface area contributed by atoms with E-state index in [1.165, 1.54) is 16.4 Å². The zero-order valence-electron chi connectivity index (χ0n) is 20.9. The molecule has 0 aliphatic rings. The Balaban J connectivity index is 2.53. The van der Waals surface area contributed by atoms with Crippen LogP contribution in [0.3, 0.4) is 0 Å². The largest absolute Gasteiger partial charge is 0.507 e. The van der Waals surface area contributed by atoms with Gasteiger partial charge in [0.05, 0.1) is 14.2 Å². The number of aryl methyl sites for hydroxylation is 2. The lowest BCUT2D eigenvalue weighted by Crippen LogP contribution is -2.28. The van der Waals surface area contributed by atoms with Crippen molar-refractivity contribution >= 4 is 23.8 Å². The molecule has 0 spiro atoms. The SMILES string of the molecule is COc1cc(C)c(O)c(P(c2cc(OC)cc(C)c2O)c2c(C(C)C)cccc2C(C)C)c1. The van der Waals surface area contributed by atoms with E-state index in [1.54, 1.807) is 14.2 Å². The van der Waals surface area contributed by atoms with Crippen LogP contribution >= 0.6 is 7.92 Å². The highest BCUT2D eigenvalue weighted by molar-refractivity contribution is 7.80. The summed E-state index contributed by atoms with van der Waals surface area (Å²) in [5.41, 5.74) is 3.91. The molecular formula is C28H35O4P. The van der Waals surface area contributed by atoms with Gasteiger partial charge in [-0.3, -0.25) is 0 Å². The zero-order valence-corrected chi connectivity index (χ0v) is 21.7. The second-order valence-electron chi connectivity index (χ2n) is 9.05. The Morgan fingerprint density at radius 1 is 0.697 bits per heavy atom. The van der Waals surface area contributed by atoms with Crippen LogP contribution in [-0.2, 0) is 0 Å². The molecule has 0 aliphatic heterocycles. The van der Waals surface area contributed by atoms with Crippen LogP contribution < -0.4 is 25.4 Å². The van der Waals surface area contributed by atoms with Crippen molar-refractivity contribution in [2.24, 2.45) is 0 Å². The second-order valence-corrected chi connectivity index (χ2v) is 11.1. The van der Waals surface area contributed by atoms with E-state index in [4.69, 9.17) is 9.47 Å². The van der Waals surface area contributed by atoms with Crippen LogP contribution in [0, 0.1) is 13.8 Å². The Labute approximate surface area is 199 Å². The summed E-state index contributed by atoms with van der Waals surface area (Å²) in [5.74, 6) is 2.36. The smallest absolute Gasteiger partial charge is 0.127 e. The molecule has 3 aromatic rings. The maximum Gasteiger partial charge on any atom is 0.127 e. The van der Waals surface area contributed by atoms with Crippen LogP contribution in [0.4, 0.5) is 0 Å². The van der Waals surface area contributed by atoms with Crippen LogP contribution in [0.5, 0.6) is 23.0 Å². The van der Waals surface area contributed by atoms with Gasteiger partial charge in [-0.1, -0.05) is 45.9 Å². The molecule has 3 aromatic carbocycles. The molecule has 2 N–H and O–H groups in total. The third kappa shape index (κ3) is 4.82. The number of phenols is 2. The first-order valence-electron chi connectivity index (χ1n) is 11.3. The molecule has 0 heterocycles. The highest BCUT2D eigenvalue weighted by Gasteiger charge is 2.30. The summed E-state index contributed by atoms with van der Waals surface area (Å²) in [5, 5.41) is 25.3. The van der Waals surface area contributed by atoms with Crippen molar-refractivity contribution in [3.63, 3.8) is 0 Å². The number of phenolic OH excluding ortho intramolecular Hbond substituents is 2. The number of methoxy groups -OCH3 is 2. The molecule has 0 radical (unpaired) electrons. The second kappa shape index (κ2) is 10.1. The van der Waals surface area contributed by atoms with Gasteiger partial charge in [-0.25, -0.2) is 0 Å². The van der Waals surface area contributed by atoms with Crippen molar-refractivity contribution in [1.82, 2.24) is 0 Å². The van der Waals surface area contributed by atoms with Crippen molar-refractivity contribution < 1.29 is 19.7 Å². The topological polar surface area (TPSA) is 58.9 Å². The maximum absolute atomic E-state index is 11.3. The van der Waals surface area contributed by atoms with Gasteiger partial charge in [-0.2, -0.15) is 0 Å². The first-order chi connectivity index (χ1) is 15.6. The summed E-state index contributed by atoms with van der Waals surface area (Å²) >= 11 is 0. The molecule has 33 heavy (non-hydrogen) atoms. The van der Waals surface area contributed by atoms with Crippen molar-refractivity contribution in [2.45, 2.75) is 53.4 Å². The fourth-order valence-electron chi connectivity index (χ4n) is 4.17. The van der Waals surface area contributed by atoms with Crippen LogP contribution in [0.2, 0.25) is 0 Å². The van der Waals surface area contributed by atoms with E-state index in [0.717, 1.165) is 21.7 Å². The first-order valence-corrected chi connectivity index (χ1v) is 12.6. The summed E-state index contributed by atoms with van der Waals surface area (Å²) in [6, 6.07) is 13.9. The molecule has 0 fully saturated rings. The fraction of sp³-hybridized carbons (Fsp3) is 0.357. The lowest BCUT2D eigenvalue weighted by molar-refractivity contribution is 0.412. The molecule has 3 rings (SSSR count). The van der Waals surface area contributed by atoms with Crippen molar-refractivity contribution in [1.29, 1.82) is 0 Å². The number of rotatable bonds is 7. The Morgan fingerprint density at radius 2 is 1.09 bits per heavy atom. The summed E-state index contributed by atoms with van der Waals surface area (Å²) in [6.45, 7) is 12.5. The summed E-state index contributed by atoms with van der Waals surface area (Å²) < 4.78 is 11.2. The molecule has 0 aliphatic carbocycles. The quantitative estimate of drug-likeness (QED) is 0.436. The van der Waals surface area contributed by atoms with E-state index in [9.17, 15) is 10.2 Å². The van der Waals surface area contributed by atoms with E-state index < -0.39 is 7.92 Å². The standard InChI is InChI=1S/C28H35O4P/c1-16(2)22-10-9-11-23(17(3)4)28(22)33(24-14-20(31-7)12-18(5)26(24)29)25-15-21(32-8)13-19(6)27(25)30/h9-17,29-30H,1-8H3. The van der Waals surface area contributed by atoms with E-state index in [0.29, 0.717) is 11.5 Å². The highest BCUT2D eigenvalue weighted by Crippen LogP contribution is 2.46. The van der Waals surface area contributed by atoms with Gasteiger partial charge in [0.15, 0.2) is 0 Å². The van der Waals surface area contributed by atoms with Gasteiger partial charge < -0.3 is 19.7 Å². The number of hydrogen-bond acceptors (Lipinski definition) is 4. The van der Waals surface area contributed by atoms with E-state index in [-0.39, 0.29) is 23.3 Å². The minimum Gasteiger partial charge on any atom is -0.507 e. The van der Waals surface area contributed by atoms with Crippen LogP contribution in [0.1, 0.15) is 61.8 Å². The molecule has 0 aromatic heterocycles. The normalized spacial score (nSPS) is 11.5. The third-order valence-electron chi connectivity index (χ3n) is 6.03. The van der Waals surface area contributed by atoms with Gasteiger partial charge in [-0.15, -0.1) is 0 Å². The van der Waals surface area contributed by atoms with Crippen LogP contribution in [0.15, 0.2) is 42.5 Å². The van der Waals surface area contributed by atoms with Gasteiger partial charge in [0, 0.05) is 10.6 Å². The maximum atomic E-state index is 11.3. The average Bonchev–Trinajstić information content (AvgIpc) is 2.78. The third-order valence-corrected chi connectivity index (χ3v) is 8.64. The average molecular weight is 467 g/mol. The summed E-state index contributed by atoms with van der Waals surface area (Å²) in [6.07, 6.45) is 0. The predicted molar refractivity (Wildman–Crippen MR) is 139 cm³/mol. The minimum atomic E-state index is -1.33. The van der Waals surface area contributed by atoms with Gasteiger partial charge in [0.1, 0.15) is 23.0 Å². The van der Waals surface area contributed by atoms with E-state index >= 15 is 0 Å². The van der Waals surface area contributed by atoms with Gasteiger partial charge in [-0.05, 0) is 85.4 Å². The molecule has 0 saturated heterocycles. The highest BCUT2D eigenvalue weighted by atomic mass is 31.1. The Kier molecular flexibility index (Phi) is 7.59. The Morgan fingerprint density at radius 3 is 1.42 bits per heavy atom. The van der Waals surface area contributed by atoms with Gasteiger partial charge in [0.2, 0.25) is 0 Å². The minimum absolute atomic E-state index is 0.232. The zero-order chi connectivity index (χ0) is 24.4. The van der Waals surface area contributed by atoms with Crippen molar-refractivity contribution in [2.75, 3.05) is 14.2 Å². The van der Waals surface area contributed by atoms with Crippen LogP contribution in [-0.4, -0.2) is 24.4 Å². The summed E-state index contributed by atoms with van der Waals surface area (Å²) in [4.78, 5) is 0. The number of benzene rings is 3. The first kappa shape index (κ1) is 24.9. The number of aromatic hydroxyl groups is 2. The van der Waals surface area contributed by atoms with Gasteiger partial charge in [0.25, 0.3) is 0 Å². The van der Waals surface area contributed by atoms with Gasteiger partial charge >= 0.3 is 0 Å². The van der Waals surface area contributed by atoms with Crippen molar-refractivity contribution in [3.05, 3.63) is 64.7 Å². The molecule has 4 nitrogen and oxygen atoms in total. The van der Waals surface area contributed by atoms with E-state index in [1.807, 2.05) is 38.1 Å². The number of hydrogen-bond donors (Lipinski definition) is 2. The molecule has 0 amide bonds. The molecular weight excluding hydrogens is 431 g/mol. The Hall–Kier alpha value is -2.71. The molecule has 0 bridgehead atoms. The number of ether oxygens (including phenoxy) is 2. The molecule has 0 saturated carbocycles. The molecule has 176 valence electrons. The predicted octanol–water partition coefficient (Wildman–Crippen LogP) is 5.74. The lowest BCUT2D eigenvalue weighted by atomic mass is 9.95. The summed E-state index contributed by atoms with van der Waals surface area (Å²) in [7, 11) is 1.93. The monoisotopic (exact) mass is 466 g/mol. The fourth-order valence-corrected chi connectivity index (χ4v) is 7.39. The lowest BCUT2D eigenvalue weighted by Gasteiger charge is -2.30. The van der Waals surface area contributed by atoms with Crippen LogP contribution in [0.25, 0.3) is 0 Å².